The maximum Gasteiger partial charge on any atom is 0.209 e. The molecule has 0 amide bonds. The minimum absolute atomic E-state index is 0.636. The lowest BCUT2D eigenvalue weighted by Gasteiger charge is -1.98. The van der Waals surface area contributed by atoms with Gasteiger partial charge in [0.05, 0.1) is 5.56 Å². The van der Waals surface area contributed by atoms with Crippen LogP contribution in [0.4, 0.5) is 16.1 Å². The average Bonchev–Trinajstić information content (AvgIpc) is 3.27. The van der Waals surface area contributed by atoms with Crippen molar-refractivity contribution in [3.8, 4) is 0 Å². The van der Waals surface area contributed by atoms with Gasteiger partial charge in [-0.3, -0.25) is 0 Å². The molecule has 0 aliphatic rings. The molecule has 0 saturated heterocycles. The van der Waals surface area contributed by atoms with Crippen LogP contribution in [0.25, 0.3) is 11.0 Å². The normalized spacial score (nSPS) is 11.5. The predicted molar refractivity (Wildman–Crippen MR) is 91.0 cm³/mol. The van der Waals surface area contributed by atoms with Gasteiger partial charge in [-0.05, 0) is 6.07 Å². The minimum Gasteiger partial charge on any atom is -0.440 e. The van der Waals surface area contributed by atoms with E-state index in [9.17, 15) is 0 Å². The van der Waals surface area contributed by atoms with Crippen molar-refractivity contribution in [2.24, 2.45) is 4.99 Å². The van der Waals surface area contributed by atoms with E-state index in [1.165, 1.54) is 22.7 Å². The summed E-state index contributed by atoms with van der Waals surface area (Å²) >= 11 is 3.01. The summed E-state index contributed by atoms with van der Waals surface area (Å²) in [6.07, 6.45) is 5.26. The van der Waals surface area contributed by atoms with E-state index >= 15 is 0 Å². The SMILES string of the molecule is C(=Nc1nccs1)c1c(Nc2nccs2)oc2ccccc12. The van der Waals surface area contributed by atoms with Crippen molar-refractivity contribution in [3.63, 3.8) is 0 Å². The standard InChI is InChI=1S/C15H10N4OS2/c1-2-4-12-10(3-1)11(9-18-14-16-5-7-21-14)13(20-12)19-15-17-6-8-22-15/h1-9H,(H,17,19). The van der Waals surface area contributed by atoms with Crippen molar-refractivity contribution in [1.29, 1.82) is 0 Å². The van der Waals surface area contributed by atoms with Gasteiger partial charge < -0.3 is 9.73 Å². The summed E-state index contributed by atoms with van der Waals surface area (Å²) in [6.45, 7) is 0. The second kappa shape index (κ2) is 5.70. The molecule has 108 valence electrons. The molecule has 0 fully saturated rings. The molecule has 4 aromatic rings. The Morgan fingerprint density at radius 1 is 1.09 bits per heavy atom. The van der Waals surface area contributed by atoms with Gasteiger partial charge in [0.2, 0.25) is 11.0 Å². The van der Waals surface area contributed by atoms with E-state index in [1.807, 2.05) is 35.0 Å². The van der Waals surface area contributed by atoms with Gasteiger partial charge in [0.1, 0.15) is 5.58 Å². The lowest BCUT2D eigenvalue weighted by atomic mass is 10.2. The monoisotopic (exact) mass is 326 g/mol. The molecular formula is C15H10N4OS2. The predicted octanol–water partition coefficient (Wildman–Crippen LogP) is 4.84. The average molecular weight is 326 g/mol. The molecule has 0 aliphatic carbocycles. The van der Waals surface area contributed by atoms with E-state index in [0.29, 0.717) is 11.0 Å². The highest BCUT2D eigenvalue weighted by Gasteiger charge is 2.13. The van der Waals surface area contributed by atoms with Gasteiger partial charge in [-0.1, -0.05) is 18.2 Å². The topological polar surface area (TPSA) is 63.3 Å². The van der Waals surface area contributed by atoms with Crippen LogP contribution in [0.15, 0.2) is 56.8 Å². The second-order valence-corrected chi connectivity index (χ2v) is 6.14. The number of anilines is 2. The van der Waals surface area contributed by atoms with Gasteiger partial charge >= 0.3 is 0 Å². The number of rotatable bonds is 4. The zero-order chi connectivity index (χ0) is 14.8. The second-order valence-electron chi connectivity index (χ2n) is 4.38. The summed E-state index contributed by atoms with van der Waals surface area (Å²) in [5.41, 5.74) is 1.70. The number of fused-ring (bicyclic) bond motifs is 1. The molecule has 1 N–H and O–H groups in total. The third-order valence-electron chi connectivity index (χ3n) is 3.01. The van der Waals surface area contributed by atoms with Crippen LogP contribution in [-0.2, 0) is 0 Å². The summed E-state index contributed by atoms with van der Waals surface area (Å²) < 4.78 is 5.89. The number of thiazole rings is 2. The highest BCUT2D eigenvalue weighted by molar-refractivity contribution is 7.13. The Bertz CT molecular complexity index is 910. The minimum atomic E-state index is 0.636. The van der Waals surface area contributed by atoms with E-state index in [2.05, 4.69) is 20.3 Å². The first-order chi connectivity index (χ1) is 10.9. The summed E-state index contributed by atoms with van der Waals surface area (Å²) in [7, 11) is 0. The molecule has 4 rings (SSSR count). The summed E-state index contributed by atoms with van der Waals surface area (Å²) in [4.78, 5) is 12.8. The van der Waals surface area contributed by atoms with Crippen molar-refractivity contribution < 1.29 is 4.42 Å². The van der Waals surface area contributed by atoms with Gasteiger partial charge in [0.15, 0.2) is 5.13 Å². The molecule has 0 spiro atoms. The molecule has 22 heavy (non-hydrogen) atoms. The van der Waals surface area contributed by atoms with Crippen molar-refractivity contribution in [3.05, 3.63) is 53.0 Å². The fourth-order valence-electron chi connectivity index (χ4n) is 2.07. The zero-order valence-electron chi connectivity index (χ0n) is 11.3. The molecule has 0 unspecified atom stereocenters. The van der Waals surface area contributed by atoms with Gasteiger partial charge in [-0.2, -0.15) is 0 Å². The molecule has 3 heterocycles. The fourth-order valence-corrected chi connectivity index (χ4v) is 3.07. The lowest BCUT2D eigenvalue weighted by molar-refractivity contribution is 0.634. The first-order valence-electron chi connectivity index (χ1n) is 6.52. The van der Waals surface area contributed by atoms with Crippen LogP contribution in [0, 0.1) is 0 Å². The van der Waals surface area contributed by atoms with Crippen molar-refractivity contribution >= 4 is 56.0 Å². The van der Waals surface area contributed by atoms with Crippen LogP contribution in [0.3, 0.4) is 0 Å². The van der Waals surface area contributed by atoms with Gasteiger partial charge in [-0.25, -0.2) is 15.0 Å². The lowest BCUT2D eigenvalue weighted by Crippen LogP contribution is -1.91. The Morgan fingerprint density at radius 3 is 2.77 bits per heavy atom. The van der Waals surface area contributed by atoms with E-state index in [0.717, 1.165) is 21.7 Å². The largest absolute Gasteiger partial charge is 0.440 e. The molecule has 7 heteroatoms. The molecular weight excluding hydrogens is 316 g/mol. The highest BCUT2D eigenvalue weighted by atomic mass is 32.1. The first kappa shape index (κ1) is 13.2. The number of para-hydroxylation sites is 1. The number of aliphatic imine (C=N–C) groups is 1. The molecule has 0 atom stereocenters. The quantitative estimate of drug-likeness (QED) is 0.545. The first-order valence-corrected chi connectivity index (χ1v) is 8.28. The maximum atomic E-state index is 5.89. The smallest absolute Gasteiger partial charge is 0.209 e. The molecule has 3 aromatic heterocycles. The molecule has 0 saturated carbocycles. The van der Waals surface area contributed by atoms with E-state index in [1.54, 1.807) is 18.6 Å². The highest BCUT2D eigenvalue weighted by Crippen LogP contribution is 2.31. The van der Waals surface area contributed by atoms with E-state index in [-0.39, 0.29) is 0 Å². The van der Waals surface area contributed by atoms with Crippen molar-refractivity contribution in [2.45, 2.75) is 0 Å². The van der Waals surface area contributed by atoms with Crippen molar-refractivity contribution in [1.82, 2.24) is 9.97 Å². The number of hydrogen-bond acceptors (Lipinski definition) is 7. The molecule has 1 aromatic carbocycles. The number of furan rings is 1. The number of aromatic nitrogens is 2. The summed E-state index contributed by atoms with van der Waals surface area (Å²) in [5, 5.41) is 9.51. The van der Waals surface area contributed by atoms with Gasteiger partial charge in [-0.15, -0.1) is 22.7 Å². The third kappa shape index (κ3) is 2.51. The third-order valence-corrected chi connectivity index (χ3v) is 4.38. The van der Waals surface area contributed by atoms with E-state index in [4.69, 9.17) is 4.42 Å². The number of hydrogen-bond donors (Lipinski definition) is 1. The molecule has 5 nitrogen and oxygen atoms in total. The van der Waals surface area contributed by atoms with Crippen LogP contribution >= 0.6 is 22.7 Å². The fraction of sp³-hybridized carbons (Fsp3) is 0. The Kier molecular flexibility index (Phi) is 3.42. The van der Waals surface area contributed by atoms with Gasteiger partial charge in [0.25, 0.3) is 0 Å². The Morgan fingerprint density at radius 2 is 1.95 bits per heavy atom. The van der Waals surface area contributed by atoms with Crippen LogP contribution in [0.1, 0.15) is 5.56 Å². The Hall–Kier alpha value is -2.51. The molecule has 0 aliphatic heterocycles. The van der Waals surface area contributed by atoms with Gasteiger partial charge in [0, 0.05) is 34.8 Å². The molecule has 0 radical (unpaired) electrons. The van der Waals surface area contributed by atoms with Crippen LogP contribution in [0.5, 0.6) is 0 Å². The maximum absolute atomic E-state index is 5.89. The van der Waals surface area contributed by atoms with Crippen molar-refractivity contribution in [2.75, 3.05) is 5.32 Å². The Labute approximate surface area is 134 Å². The van der Waals surface area contributed by atoms with E-state index < -0.39 is 0 Å². The summed E-state index contributed by atoms with van der Waals surface area (Å²) in [5.74, 6) is 0.636. The number of nitrogens with one attached hydrogen (secondary N) is 1. The van der Waals surface area contributed by atoms with Crippen LogP contribution < -0.4 is 5.32 Å². The number of benzene rings is 1. The summed E-state index contributed by atoms with van der Waals surface area (Å²) in [6, 6.07) is 7.87. The Balaban J connectivity index is 1.79. The number of nitrogens with zero attached hydrogens (tertiary/aromatic N) is 3. The molecule has 0 bridgehead atoms. The van der Waals surface area contributed by atoms with Crippen LogP contribution in [0.2, 0.25) is 0 Å². The zero-order valence-corrected chi connectivity index (χ0v) is 12.9. The van der Waals surface area contributed by atoms with Crippen LogP contribution in [-0.4, -0.2) is 16.2 Å².